The predicted molar refractivity (Wildman–Crippen MR) is 113 cm³/mol. The monoisotopic (exact) mass is 427 g/mol. The lowest BCUT2D eigenvalue weighted by atomic mass is 9.86. The molecule has 1 unspecified atom stereocenters. The SMILES string of the molecule is COC(=O)c1cnc2[nH]c(C(CC3CCCC3)c3ccc(S(C)(=O)=O)nc3)cc2c1. The number of nitrogens with one attached hydrogen (secondary N) is 1. The summed E-state index contributed by atoms with van der Waals surface area (Å²) in [5.41, 5.74) is 3.06. The van der Waals surface area contributed by atoms with Gasteiger partial charge in [0.25, 0.3) is 0 Å². The zero-order valence-electron chi connectivity index (χ0n) is 17.1. The minimum Gasteiger partial charge on any atom is -0.465 e. The summed E-state index contributed by atoms with van der Waals surface area (Å²) in [7, 11) is -1.99. The van der Waals surface area contributed by atoms with Crippen molar-refractivity contribution < 1.29 is 17.9 Å². The molecule has 1 aliphatic rings. The third-order valence-corrected chi connectivity index (χ3v) is 6.87. The molecule has 1 saturated carbocycles. The van der Waals surface area contributed by atoms with Gasteiger partial charge in [-0.15, -0.1) is 0 Å². The van der Waals surface area contributed by atoms with E-state index >= 15 is 0 Å². The molecule has 0 radical (unpaired) electrons. The molecule has 1 aliphatic carbocycles. The normalized spacial score (nSPS) is 16.1. The molecule has 3 aromatic heterocycles. The van der Waals surface area contributed by atoms with Crippen molar-refractivity contribution in [2.75, 3.05) is 13.4 Å². The quantitative estimate of drug-likeness (QED) is 0.599. The Morgan fingerprint density at radius 1 is 1.20 bits per heavy atom. The molecule has 1 atom stereocenters. The summed E-state index contributed by atoms with van der Waals surface area (Å²) >= 11 is 0. The smallest absolute Gasteiger partial charge is 0.339 e. The number of rotatable bonds is 6. The van der Waals surface area contributed by atoms with Crippen LogP contribution in [-0.4, -0.2) is 42.7 Å². The van der Waals surface area contributed by atoms with Crippen molar-refractivity contribution in [3.8, 4) is 0 Å². The van der Waals surface area contributed by atoms with Crippen molar-refractivity contribution in [2.45, 2.75) is 43.0 Å². The number of hydrogen-bond acceptors (Lipinski definition) is 6. The van der Waals surface area contributed by atoms with Crippen LogP contribution in [-0.2, 0) is 14.6 Å². The molecule has 30 heavy (non-hydrogen) atoms. The summed E-state index contributed by atoms with van der Waals surface area (Å²) in [6.07, 6.45) is 10.2. The van der Waals surface area contributed by atoms with Crippen LogP contribution < -0.4 is 0 Å². The fourth-order valence-electron chi connectivity index (χ4n) is 4.29. The highest BCUT2D eigenvalue weighted by atomic mass is 32.2. The van der Waals surface area contributed by atoms with Crippen LogP contribution in [0.2, 0.25) is 0 Å². The van der Waals surface area contributed by atoms with Crippen LogP contribution in [0.4, 0.5) is 0 Å². The van der Waals surface area contributed by atoms with Crippen LogP contribution in [0.15, 0.2) is 41.7 Å². The van der Waals surface area contributed by atoms with Crippen LogP contribution in [0, 0.1) is 5.92 Å². The van der Waals surface area contributed by atoms with E-state index in [0.717, 1.165) is 29.3 Å². The molecule has 0 aromatic carbocycles. The van der Waals surface area contributed by atoms with Gasteiger partial charge >= 0.3 is 5.97 Å². The Bertz CT molecular complexity index is 1160. The molecular formula is C22H25N3O4S. The van der Waals surface area contributed by atoms with Crippen LogP contribution in [0.3, 0.4) is 0 Å². The van der Waals surface area contributed by atoms with Crippen LogP contribution in [0.5, 0.6) is 0 Å². The van der Waals surface area contributed by atoms with Crippen molar-refractivity contribution in [1.29, 1.82) is 0 Å². The number of ether oxygens (including phenoxy) is 1. The fraction of sp³-hybridized carbons (Fsp3) is 0.409. The summed E-state index contributed by atoms with van der Waals surface area (Å²) in [4.78, 5) is 23.8. The van der Waals surface area contributed by atoms with Gasteiger partial charge in [-0.1, -0.05) is 31.7 Å². The molecule has 7 nitrogen and oxygen atoms in total. The van der Waals surface area contributed by atoms with Gasteiger partial charge < -0.3 is 9.72 Å². The molecule has 158 valence electrons. The highest BCUT2D eigenvalue weighted by Gasteiger charge is 2.25. The lowest BCUT2D eigenvalue weighted by Gasteiger charge is -2.20. The van der Waals surface area contributed by atoms with E-state index in [1.54, 1.807) is 18.3 Å². The Labute approximate surface area is 175 Å². The number of aromatic nitrogens is 3. The van der Waals surface area contributed by atoms with Crippen LogP contribution in [0.25, 0.3) is 11.0 Å². The molecule has 0 saturated heterocycles. The van der Waals surface area contributed by atoms with Gasteiger partial charge in [-0.05, 0) is 36.1 Å². The first kappa shape index (κ1) is 20.5. The number of nitrogens with zero attached hydrogens (tertiary/aromatic N) is 2. The number of H-pyrrole nitrogens is 1. The van der Waals surface area contributed by atoms with Gasteiger partial charge in [0.1, 0.15) is 5.65 Å². The maximum atomic E-state index is 11.8. The number of carbonyl (C=O) groups is 1. The molecular weight excluding hydrogens is 402 g/mol. The van der Waals surface area contributed by atoms with Gasteiger partial charge in [-0.3, -0.25) is 0 Å². The van der Waals surface area contributed by atoms with E-state index in [4.69, 9.17) is 4.74 Å². The summed E-state index contributed by atoms with van der Waals surface area (Å²) in [5.74, 6) is 0.245. The number of methoxy groups -OCH3 is 1. The number of carbonyl (C=O) groups excluding carboxylic acids is 1. The number of pyridine rings is 2. The lowest BCUT2D eigenvalue weighted by molar-refractivity contribution is 0.0600. The first-order valence-electron chi connectivity index (χ1n) is 10.1. The third kappa shape index (κ3) is 4.23. The standard InChI is InChI=1S/C22H25N3O4S/c1-29-22(26)17-10-16-11-19(25-21(16)24-13-17)18(9-14-5-3-4-6-14)15-7-8-20(23-12-15)30(2,27)28/h7-8,10-14,18H,3-6,9H2,1-2H3,(H,24,25). The van der Waals surface area contributed by atoms with Gasteiger partial charge in [0.05, 0.1) is 12.7 Å². The number of aromatic amines is 1. The molecule has 1 N–H and O–H groups in total. The second-order valence-electron chi connectivity index (χ2n) is 8.02. The molecule has 0 spiro atoms. The van der Waals surface area contributed by atoms with Gasteiger partial charge in [0.2, 0.25) is 0 Å². The van der Waals surface area contributed by atoms with Gasteiger partial charge in [-0.25, -0.2) is 23.2 Å². The average Bonchev–Trinajstić information content (AvgIpc) is 3.39. The Kier molecular flexibility index (Phi) is 5.60. The van der Waals surface area contributed by atoms with E-state index in [1.165, 1.54) is 39.0 Å². The van der Waals surface area contributed by atoms with Crippen molar-refractivity contribution in [2.24, 2.45) is 5.92 Å². The van der Waals surface area contributed by atoms with E-state index < -0.39 is 15.8 Å². The first-order chi connectivity index (χ1) is 14.3. The van der Waals surface area contributed by atoms with Crippen LogP contribution in [0.1, 0.15) is 59.6 Å². The summed E-state index contributed by atoms with van der Waals surface area (Å²) in [6.45, 7) is 0. The second-order valence-corrected chi connectivity index (χ2v) is 9.98. The first-order valence-corrected chi connectivity index (χ1v) is 12.0. The average molecular weight is 428 g/mol. The van der Waals surface area contributed by atoms with Gasteiger partial charge in [0, 0.05) is 35.6 Å². The Hall–Kier alpha value is -2.74. The maximum absolute atomic E-state index is 11.8. The van der Waals surface area contributed by atoms with Crippen molar-refractivity contribution >= 4 is 26.8 Å². The summed E-state index contributed by atoms with van der Waals surface area (Å²) < 4.78 is 28.3. The maximum Gasteiger partial charge on any atom is 0.339 e. The van der Waals surface area contributed by atoms with Gasteiger partial charge in [0.15, 0.2) is 14.9 Å². The van der Waals surface area contributed by atoms with Crippen molar-refractivity contribution in [3.63, 3.8) is 0 Å². The molecule has 0 bridgehead atoms. The zero-order chi connectivity index (χ0) is 21.3. The minimum atomic E-state index is -3.34. The zero-order valence-corrected chi connectivity index (χ0v) is 17.9. The van der Waals surface area contributed by atoms with Crippen molar-refractivity contribution in [1.82, 2.24) is 15.0 Å². The molecule has 3 aromatic rings. The number of hydrogen-bond donors (Lipinski definition) is 1. The number of fused-ring (bicyclic) bond motifs is 1. The summed E-state index contributed by atoms with van der Waals surface area (Å²) in [5, 5.41) is 0.914. The molecule has 0 amide bonds. The van der Waals surface area contributed by atoms with E-state index in [2.05, 4.69) is 15.0 Å². The lowest BCUT2D eigenvalue weighted by Crippen LogP contribution is -2.09. The van der Waals surface area contributed by atoms with E-state index in [0.29, 0.717) is 17.1 Å². The van der Waals surface area contributed by atoms with Crippen LogP contribution >= 0.6 is 0 Å². The predicted octanol–water partition coefficient (Wildman–Crippen LogP) is 3.86. The van der Waals surface area contributed by atoms with Gasteiger partial charge in [-0.2, -0.15) is 0 Å². The molecule has 0 aliphatic heterocycles. The Morgan fingerprint density at radius 2 is 1.97 bits per heavy atom. The largest absolute Gasteiger partial charge is 0.465 e. The fourth-order valence-corrected chi connectivity index (χ4v) is 4.85. The van der Waals surface area contributed by atoms with E-state index in [-0.39, 0.29) is 10.9 Å². The van der Waals surface area contributed by atoms with Crippen molar-refractivity contribution in [3.05, 3.63) is 53.5 Å². The molecule has 4 rings (SSSR count). The minimum absolute atomic E-state index is 0.0463. The van der Waals surface area contributed by atoms with E-state index in [1.807, 2.05) is 12.1 Å². The molecule has 1 fully saturated rings. The third-order valence-electron chi connectivity index (χ3n) is 5.87. The Morgan fingerprint density at radius 3 is 2.60 bits per heavy atom. The van der Waals surface area contributed by atoms with E-state index in [9.17, 15) is 13.2 Å². The summed E-state index contributed by atoms with van der Waals surface area (Å²) in [6, 6.07) is 7.20. The second kappa shape index (κ2) is 8.18. The number of sulfone groups is 1. The number of esters is 1. The topological polar surface area (TPSA) is 102 Å². The Balaban J connectivity index is 1.72. The molecule has 8 heteroatoms. The molecule has 3 heterocycles. The highest BCUT2D eigenvalue weighted by Crippen LogP contribution is 2.38. The highest BCUT2D eigenvalue weighted by molar-refractivity contribution is 7.90.